The molecule has 0 unspecified atom stereocenters. The van der Waals surface area contributed by atoms with E-state index in [0.717, 1.165) is 16.0 Å². The van der Waals surface area contributed by atoms with E-state index in [1.165, 1.54) is 23.1 Å². The highest BCUT2D eigenvalue weighted by Gasteiger charge is 2.30. The van der Waals surface area contributed by atoms with Gasteiger partial charge in [-0.05, 0) is 18.1 Å². The van der Waals surface area contributed by atoms with Crippen molar-refractivity contribution >= 4 is 39.3 Å². The number of hydrogen-bond donors (Lipinski definition) is 0. The summed E-state index contributed by atoms with van der Waals surface area (Å²) in [6, 6.07) is 10.00. The molecule has 3 heterocycles. The molecule has 1 aliphatic heterocycles. The number of nitrogens with zero attached hydrogens (tertiary/aromatic N) is 2. The second-order valence-electron chi connectivity index (χ2n) is 6.26. The zero-order valence-electron chi connectivity index (χ0n) is 14.8. The minimum Gasteiger partial charge on any atom is -0.465 e. The van der Waals surface area contributed by atoms with Crippen molar-refractivity contribution in [3.8, 4) is 10.4 Å². The van der Waals surface area contributed by atoms with Gasteiger partial charge in [0, 0.05) is 17.8 Å². The van der Waals surface area contributed by atoms with E-state index in [0.29, 0.717) is 34.9 Å². The number of rotatable bonds is 5. The van der Waals surface area contributed by atoms with Gasteiger partial charge in [0.1, 0.15) is 10.1 Å². The Balaban J connectivity index is 1.88. The van der Waals surface area contributed by atoms with E-state index in [2.05, 4.69) is 6.58 Å². The summed E-state index contributed by atoms with van der Waals surface area (Å²) in [6.45, 7) is 6.48. The van der Waals surface area contributed by atoms with Crippen LogP contribution < -0.4 is 5.56 Å². The Morgan fingerprint density at radius 1 is 1.37 bits per heavy atom. The first kappa shape index (κ1) is 18.0. The van der Waals surface area contributed by atoms with Crippen LogP contribution in [0.15, 0.2) is 52.9 Å². The number of aromatic nitrogens is 2. The number of allylic oxidation sites excluding steroid dienone is 1. The quantitative estimate of drug-likeness (QED) is 0.369. The van der Waals surface area contributed by atoms with Crippen LogP contribution in [0.2, 0.25) is 0 Å². The number of aryl methyl sites for hydroxylation is 1. The van der Waals surface area contributed by atoms with Crippen molar-refractivity contribution in [1.82, 2.24) is 9.55 Å². The van der Waals surface area contributed by atoms with E-state index in [-0.39, 0.29) is 16.8 Å². The predicted octanol–water partition coefficient (Wildman–Crippen LogP) is 4.03. The number of esters is 1. The molecule has 2 aromatic heterocycles. The highest BCUT2D eigenvalue weighted by Crippen LogP contribution is 2.37. The SMILES string of the molecule is C=CCn1c(S[C@@H]2CCOC2=O)nc2sc(-c3ccccc3)c(C)c2c1=O. The second kappa shape index (κ2) is 7.32. The van der Waals surface area contributed by atoms with Crippen LogP contribution in [0.1, 0.15) is 12.0 Å². The number of benzene rings is 1. The minimum atomic E-state index is -0.319. The summed E-state index contributed by atoms with van der Waals surface area (Å²) >= 11 is 2.81. The maximum atomic E-state index is 13.2. The van der Waals surface area contributed by atoms with E-state index in [1.54, 1.807) is 10.6 Å². The van der Waals surface area contributed by atoms with E-state index < -0.39 is 0 Å². The summed E-state index contributed by atoms with van der Waals surface area (Å²) < 4.78 is 6.64. The Morgan fingerprint density at radius 3 is 2.81 bits per heavy atom. The Bertz CT molecular complexity index is 1090. The predicted molar refractivity (Wildman–Crippen MR) is 109 cm³/mol. The molecule has 0 saturated carbocycles. The number of thiophene rings is 1. The molecule has 138 valence electrons. The summed E-state index contributed by atoms with van der Waals surface area (Å²) in [7, 11) is 0. The van der Waals surface area contributed by atoms with Crippen molar-refractivity contribution in [2.75, 3.05) is 6.61 Å². The first-order chi connectivity index (χ1) is 13.1. The van der Waals surface area contributed by atoms with E-state index in [4.69, 9.17) is 9.72 Å². The van der Waals surface area contributed by atoms with Gasteiger partial charge in [0.25, 0.3) is 5.56 Å². The molecule has 4 rings (SSSR count). The molecule has 5 nitrogen and oxygen atoms in total. The lowest BCUT2D eigenvalue weighted by Crippen LogP contribution is -2.24. The molecule has 1 fully saturated rings. The van der Waals surface area contributed by atoms with Gasteiger partial charge in [0.2, 0.25) is 0 Å². The third-order valence-electron chi connectivity index (χ3n) is 4.50. The maximum Gasteiger partial charge on any atom is 0.319 e. The average Bonchev–Trinajstić information content (AvgIpc) is 3.22. The smallest absolute Gasteiger partial charge is 0.319 e. The number of thioether (sulfide) groups is 1. The molecule has 0 radical (unpaired) electrons. The largest absolute Gasteiger partial charge is 0.465 e. The normalized spacial score (nSPS) is 16.6. The molecule has 1 atom stereocenters. The fourth-order valence-electron chi connectivity index (χ4n) is 3.15. The average molecular weight is 399 g/mol. The van der Waals surface area contributed by atoms with Crippen molar-refractivity contribution < 1.29 is 9.53 Å². The van der Waals surface area contributed by atoms with Crippen LogP contribution in [0.3, 0.4) is 0 Å². The second-order valence-corrected chi connectivity index (χ2v) is 8.43. The number of carbonyl (C=O) groups excluding carboxylic acids is 1. The molecule has 27 heavy (non-hydrogen) atoms. The lowest BCUT2D eigenvalue weighted by atomic mass is 10.1. The van der Waals surface area contributed by atoms with Crippen LogP contribution in [0.4, 0.5) is 0 Å². The first-order valence-corrected chi connectivity index (χ1v) is 10.3. The fourth-order valence-corrected chi connectivity index (χ4v) is 5.45. The summed E-state index contributed by atoms with van der Waals surface area (Å²) in [6.07, 6.45) is 2.30. The highest BCUT2D eigenvalue weighted by atomic mass is 32.2. The number of fused-ring (bicyclic) bond motifs is 1. The zero-order chi connectivity index (χ0) is 19.0. The van der Waals surface area contributed by atoms with Gasteiger partial charge in [0.05, 0.1) is 12.0 Å². The van der Waals surface area contributed by atoms with Crippen LogP contribution in [-0.4, -0.2) is 27.4 Å². The van der Waals surface area contributed by atoms with E-state index >= 15 is 0 Å². The number of ether oxygens (including phenoxy) is 1. The van der Waals surface area contributed by atoms with Gasteiger partial charge in [-0.25, -0.2) is 4.98 Å². The van der Waals surface area contributed by atoms with E-state index in [1.807, 2.05) is 37.3 Å². The van der Waals surface area contributed by atoms with Gasteiger partial charge in [-0.1, -0.05) is 48.2 Å². The third kappa shape index (κ3) is 3.21. The molecule has 0 amide bonds. The van der Waals surface area contributed by atoms with Crippen molar-refractivity contribution in [1.29, 1.82) is 0 Å². The summed E-state index contributed by atoms with van der Waals surface area (Å²) in [5, 5.41) is 0.858. The number of carbonyl (C=O) groups is 1. The molecule has 1 saturated heterocycles. The number of hydrogen-bond acceptors (Lipinski definition) is 6. The maximum absolute atomic E-state index is 13.2. The highest BCUT2D eigenvalue weighted by molar-refractivity contribution is 8.00. The van der Waals surface area contributed by atoms with Crippen molar-refractivity contribution in [2.45, 2.75) is 30.3 Å². The molecule has 0 spiro atoms. The van der Waals surface area contributed by atoms with E-state index in [9.17, 15) is 9.59 Å². The minimum absolute atomic E-state index is 0.0929. The van der Waals surface area contributed by atoms with Gasteiger partial charge >= 0.3 is 5.97 Å². The van der Waals surface area contributed by atoms with Gasteiger partial charge in [-0.2, -0.15) is 0 Å². The van der Waals surface area contributed by atoms with Gasteiger partial charge in [-0.3, -0.25) is 14.2 Å². The van der Waals surface area contributed by atoms with Crippen LogP contribution in [0.25, 0.3) is 20.7 Å². The lowest BCUT2D eigenvalue weighted by Gasteiger charge is -2.12. The van der Waals surface area contributed by atoms with Gasteiger partial charge in [0.15, 0.2) is 5.16 Å². The molecule has 1 aliphatic rings. The monoisotopic (exact) mass is 398 g/mol. The van der Waals surface area contributed by atoms with Crippen molar-refractivity contribution in [3.05, 3.63) is 58.9 Å². The fraction of sp³-hybridized carbons (Fsp3) is 0.250. The molecule has 0 bridgehead atoms. The Kier molecular flexibility index (Phi) is 4.88. The third-order valence-corrected chi connectivity index (χ3v) is 6.97. The molecule has 0 aliphatic carbocycles. The van der Waals surface area contributed by atoms with Gasteiger partial charge in [-0.15, -0.1) is 17.9 Å². The molecular weight excluding hydrogens is 380 g/mol. The van der Waals surface area contributed by atoms with Gasteiger partial charge < -0.3 is 4.74 Å². The zero-order valence-corrected chi connectivity index (χ0v) is 16.4. The van der Waals surface area contributed by atoms with Crippen LogP contribution >= 0.6 is 23.1 Å². The van der Waals surface area contributed by atoms with Crippen molar-refractivity contribution in [2.24, 2.45) is 0 Å². The molecule has 3 aromatic rings. The first-order valence-electron chi connectivity index (χ1n) is 8.63. The lowest BCUT2D eigenvalue weighted by molar-refractivity contribution is -0.137. The Hall–Kier alpha value is -2.38. The standard InChI is InChI=1S/C20H18N2O3S2/c1-3-10-22-18(23)15-12(2)16(13-7-5-4-6-8-13)27-17(15)21-20(22)26-14-9-11-25-19(14)24/h3-8,14H,1,9-11H2,2H3/t14-/m1/s1. The van der Waals surface area contributed by atoms with Crippen LogP contribution in [0, 0.1) is 6.92 Å². The van der Waals surface area contributed by atoms with Crippen LogP contribution in [-0.2, 0) is 16.1 Å². The van der Waals surface area contributed by atoms with Crippen LogP contribution in [0.5, 0.6) is 0 Å². The van der Waals surface area contributed by atoms with Crippen molar-refractivity contribution in [3.63, 3.8) is 0 Å². The Morgan fingerprint density at radius 2 is 2.15 bits per heavy atom. The molecule has 0 N–H and O–H groups in total. The Labute approximate surface area is 164 Å². The molecule has 7 heteroatoms. The molecular formula is C20H18N2O3S2. The topological polar surface area (TPSA) is 61.2 Å². The summed E-state index contributed by atoms with van der Waals surface area (Å²) in [5.74, 6) is -0.244. The molecule has 1 aromatic carbocycles. The summed E-state index contributed by atoms with van der Waals surface area (Å²) in [5.41, 5.74) is 1.92. The number of cyclic esters (lactones) is 1. The summed E-state index contributed by atoms with van der Waals surface area (Å²) in [4.78, 5) is 31.6.